The van der Waals surface area contributed by atoms with Crippen LogP contribution in [0.15, 0.2) is 27.6 Å². The molecule has 0 radical (unpaired) electrons. The molecule has 0 saturated heterocycles. The molecule has 1 atom stereocenters. The minimum absolute atomic E-state index is 0.0428. The van der Waals surface area contributed by atoms with Gasteiger partial charge in [0.2, 0.25) is 10.0 Å². The zero-order valence-corrected chi connectivity index (χ0v) is 12.4. The lowest BCUT2D eigenvalue weighted by atomic mass is 10.3. The number of carbonyl (C=O) groups excluding carboxylic acids is 1. The molecule has 0 bridgehead atoms. The highest BCUT2D eigenvalue weighted by molar-refractivity contribution is 9.10. The molecular formula is C10H13BrN2O5S. The van der Waals surface area contributed by atoms with Crippen molar-refractivity contribution in [3.05, 3.63) is 22.7 Å². The Balaban J connectivity index is 2.85. The molecule has 0 aliphatic rings. The SMILES string of the molecule is COC(=O)C(O)CNS(=O)(=O)c1ccc(N)cc1Br. The first kappa shape index (κ1) is 15.9. The maximum absolute atomic E-state index is 11.9. The number of nitrogens with two attached hydrogens (primary N) is 1. The van der Waals surface area contributed by atoms with Gasteiger partial charge in [0.25, 0.3) is 0 Å². The van der Waals surface area contributed by atoms with Gasteiger partial charge in [0.05, 0.1) is 12.0 Å². The zero-order valence-electron chi connectivity index (χ0n) is 9.96. The summed E-state index contributed by atoms with van der Waals surface area (Å²) in [6.07, 6.45) is -1.56. The number of methoxy groups -OCH3 is 1. The molecule has 7 nitrogen and oxygen atoms in total. The van der Waals surface area contributed by atoms with Crippen molar-refractivity contribution in [2.24, 2.45) is 0 Å². The van der Waals surface area contributed by atoms with Gasteiger partial charge in [-0.3, -0.25) is 0 Å². The molecule has 0 fully saturated rings. The molecule has 1 unspecified atom stereocenters. The molecule has 0 spiro atoms. The Bertz CT molecular complexity index is 575. The van der Waals surface area contributed by atoms with Crippen LogP contribution in [0.3, 0.4) is 0 Å². The predicted molar refractivity (Wildman–Crippen MR) is 71.8 cm³/mol. The van der Waals surface area contributed by atoms with E-state index in [0.717, 1.165) is 7.11 Å². The molecule has 0 heterocycles. The van der Waals surface area contributed by atoms with Crippen LogP contribution in [-0.2, 0) is 19.6 Å². The molecule has 1 rings (SSSR count). The molecule has 1 aromatic rings. The molecule has 106 valence electrons. The number of sulfonamides is 1. The Kier molecular flexibility index (Phi) is 5.29. The minimum Gasteiger partial charge on any atom is -0.467 e. The Hall–Kier alpha value is -1.16. The van der Waals surface area contributed by atoms with E-state index in [-0.39, 0.29) is 9.37 Å². The first-order valence-corrected chi connectivity index (χ1v) is 7.36. The van der Waals surface area contributed by atoms with Gasteiger partial charge in [0, 0.05) is 16.7 Å². The fourth-order valence-corrected chi connectivity index (χ4v) is 3.35. The van der Waals surface area contributed by atoms with Crippen LogP contribution in [0.4, 0.5) is 5.69 Å². The number of halogens is 1. The molecule has 4 N–H and O–H groups in total. The fraction of sp³-hybridized carbons (Fsp3) is 0.300. The van der Waals surface area contributed by atoms with E-state index in [1.165, 1.54) is 18.2 Å². The summed E-state index contributed by atoms with van der Waals surface area (Å²) in [5.41, 5.74) is 5.91. The van der Waals surface area contributed by atoms with Crippen molar-refractivity contribution in [2.75, 3.05) is 19.4 Å². The standard InChI is InChI=1S/C10H13BrN2O5S/c1-18-10(15)8(14)5-13-19(16,17)9-3-2-6(12)4-7(9)11/h2-4,8,13-14H,5,12H2,1H3. The van der Waals surface area contributed by atoms with Gasteiger partial charge in [0.15, 0.2) is 6.10 Å². The highest BCUT2D eigenvalue weighted by Crippen LogP contribution is 2.23. The average Bonchev–Trinajstić information content (AvgIpc) is 2.34. The number of aliphatic hydroxyl groups is 1. The second kappa shape index (κ2) is 6.33. The number of nitrogens with one attached hydrogen (secondary N) is 1. The first-order valence-electron chi connectivity index (χ1n) is 5.08. The minimum atomic E-state index is -3.86. The van der Waals surface area contributed by atoms with Gasteiger partial charge in [-0.1, -0.05) is 0 Å². The Morgan fingerprint density at radius 1 is 1.58 bits per heavy atom. The van der Waals surface area contributed by atoms with Crippen LogP contribution in [0, 0.1) is 0 Å². The van der Waals surface area contributed by atoms with Gasteiger partial charge in [-0.2, -0.15) is 0 Å². The van der Waals surface area contributed by atoms with E-state index in [2.05, 4.69) is 25.4 Å². The summed E-state index contributed by atoms with van der Waals surface area (Å²) in [7, 11) is -2.77. The largest absolute Gasteiger partial charge is 0.467 e. The normalized spacial score (nSPS) is 13.0. The van der Waals surface area contributed by atoms with Crippen LogP contribution < -0.4 is 10.5 Å². The number of esters is 1. The lowest BCUT2D eigenvalue weighted by Crippen LogP contribution is -2.37. The van der Waals surface area contributed by atoms with Gasteiger partial charge in [-0.05, 0) is 34.1 Å². The van der Waals surface area contributed by atoms with Crippen molar-refractivity contribution >= 4 is 37.6 Å². The fourth-order valence-electron chi connectivity index (χ4n) is 1.22. The summed E-state index contributed by atoms with van der Waals surface area (Å²) in [5, 5.41) is 9.31. The maximum Gasteiger partial charge on any atom is 0.336 e. The number of benzene rings is 1. The summed E-state index contributed by atoms with van der Waals surface area (Å²) in [4.78, 5) is 10.9. The van der Waals surface area contributed by atoms with Crippen LogP contribution in [0.25, 0.3) is 0 Å². The van der Waals surface area contributed by atoms with E-state index in [4.69, 9.17) is 5.73 Å². The summed E-state index contributed by atoms with van der Waals surface area (Å²) in [6, 6.07) is 4.17. The zero-order chi connectivity index (χ0) is 14.6. The van der Waals surface area contributed by atoms with E-state index in [1.807, 2.05) is 0 Å². The number of aliphatic hydroxyl groups excluding tert-OH is 1. The lowest BCUT2D eigenvalue weighted by Gasteiger charge is -2.11. The highest BCUT2D eigenvalue weighted by Gasteiger charge is 2.22. The third kappa shape index (κ3) is 4.16. The van der Waals surface area contributed by atoms with Gasteiger partial charge < -0.3 is 15.6 Å². The highest BCUT2D eigenvalue weighted by atomic mass is 79.9. The summed E-state index contributed by atoms with van der Waals surface area (Å²) < 4.78 is 30.5. The van der Waals surface area contributed by atoms with Crippen molar-refractivity contribution in [1.82, 2.24) is 4.72 Å². The maximum atomic E-state index is 11.9. The van der Waals surface area contributed by atoms with Crippen LogP contribution in [0.1, 0.15) is 0 Å². The molecule has 0 aromatic heterocycles. The van der Waals surface area contributed by atoms with Crippen molar-refractivity contribution < 1.29 is 23.1 Å². The van der Waals surface area contributed by atoms with Gasteiger partial charge in [-0.15, -0.1) is 0 Å². The molecule has 19 heavy (non-hydrogen) atoms. The van der Waals surface area contributed by atoms with E-state index in [0.29, 0.717) is 5.69 Å². The van der Waals surface area contributed by atoms with Crippen molar-refractivity contribution in [1.29, 1.82) is 0 Å². The molecule has 9 heteroatoms. The smallest absolute Gasteiger partial charge is 0.336 e. The molecule has 0 aliphatic carbocycles. The summed E-state index contributed by atoms with van der Waals surface area (Å²) in [6.45, 7) is -0.480. The Labute approximate surface area is 118 Å². The van der Waals surface area contributed by atoms with Gasteiger partial charge in [0.1, 0.15) is 0 Å². The van der Waals surface area contributed by atoms with Gasteiger partial charge >= 0.3 is 5.97 Å². The summed E-state index contributed by atoms with van der Waals surface area (Å²) in [5.74, 6) is -0.918. The van der Waals surface area contributed by atoms with Gasteiger partial charge in [-0.25, -0.2) is 17.9 Å². The Morgan fingerprint density at radius 2 is 2.21 bits per heavy atom. The van der Waals surface area contributed by atoms with E-state index in [9.17, 15) is 18.3 Å². The molecule has 1 aromatic carbocycles. The molecule has 0 amide bonds. The number of rotatable bonds is 5. The van der Waals surface area contributed by atoms with E-state index in [1.54, 1.807) is 0 Å². The number of carbonyl (C=O) groups is 1. The van der Waals surface area contributed by atoms with Crippen molar-refractivity contribution in [3.8, 4) is 0 Å². The quantitative estimate of drug-likeness (QED) is 0.500. The second-order valence-electron chi connectivity index (χ2n) is 3.58. The average molecular weight is 353 g/mol. The number of ether oxygens (including phenoxy) is 1. The number of hydrogen-bond acceptors (Lipinski definition) is 6. The summed E-state index contributed by atoms with van der Waals surface area (Å²) >= 11 is 3.08. The predicted octanol–water partition coefficient (Wildman–Crippen LogP) is -0.156. The molecular weight excluding hydrogens is 340 g/mol. The molecule has 0 aliphatic heterocycles. The lowest BCUT2D eigenvalue weighted by molar-refractivity contribution is -0.149. The number of nitrogen functional groups attached to an aromatic ring is 1. The Morgan fingerprint density at radius 3 is 2.74 bits per heavy atom. The third-order valence-electron chi connectivity index (χ3n) is 2.19. The van der Waals surface area contributed by atoms with E-state index < -0.39 is 28.6 Å². The van der Waals surface area contributed by atoms with Crippen LogP contribution in [0.5, 0.6) is 0 Å². The number of hydrogen-bond donors (Lipinski definition) is 3. The first-order chi connectivity index (χ1) is 8.77. The monoisotopic (exact) mass is 352 g/mol. The van der Waals surface area contributed by atoms with Crippen LogP contribution >= 0.6 is 15.9 Å². The van der Waals surface area contributed by atoms with E-state index >= 15 is 0 Å². The third-order valence-corrected chi connectivity index (χ3v) is 4.59. The number of anilines is 1. The topological polar surface area (TPSA) is 119 Å². The van der Waals surface area contributed by atoms with Crippen LogP contribution in [0.2, 0.25) is 0 Å². The van der Waals surface area contributed by atoms with Crippen molar-refractivity contribution in [3.63, 3.8) is 0 Å². The second-order valence-corrected chi connectivity index (χ2v) is 6.17. The van der Waals surface area contributed by atoms with Crippen LogP contribution in [-0.4, -0.2) is 39.3 Å². The molecule has 0 saturated carbocycles. The van der Waals surface area contributed by atoms with Crippen molar-refractivity contribution in [2.45, 2.75) is 11.0 Å².